The van der Waals surface area contributed by atoms with Crippen molar-refractivity contribution in [3.63, 3.8) is 0 Å². The number of hydrogen-bond acceptors (Lipinski definition) is 4. The van der Waals surface area contributed by atoms with Gasteiger partial charge in [-0.2, -0.15) is 5.10 Å². The van der Waals surface area contributed by atoms with Crippen molar-refractivity contribution in [2.75, 3.05) is 11.9 Å². The second kappa shape index (κ2) is 4.40. The lowest BCUT2D eigenvalue weighted by molar-refractivity contribution is 0.699. The van der Waals surface area contributed by atoms with E-state index in [9.17, 15) is 0 Å². The third-order valence-electron chi connectivity index (χ3n) is 2.81. The first kappa shape index (κ1) is 11.4. The predicted molar refractivity (Wildman–Crippen MR) is 67.4 cm³/mol. The van der Waals surface area contributed by atoms with Crippen LogP contribution in [0.1, 0.15) is 13.3 Å². The Kier molecular flexibility index (Phi) is 2.95. The van der Waals surface area contributed by atoms with E-state index < -0.39 is 0 Å². The number of aromatic nitrogens is 3. The summed E-state index contributed by atoms with van der Waals surface area (Å²) in [6.07, 6.45) is 5.78. The lowest BCUT2D eigenvalue weighted by atomic mass is 10.2. The normalized spacial score (nSPS) is 12.6. The Morgan fingerprint density at radius 1 is 1.59 bits per heavy atom. The summed E-state index contributed by atoms with van der Waals surface area (Å²) in [4.78, 5) is 6.37. The number of anilines is 1. The van der Waals surface area contributed by atoms with E-state index in [0.717, 1.165) is 11.3 Å². The zero-order valence-electron chi connectivity index (χ0n) is 9.96. The monoisotopic (exact) mass is 232 g/mol. The van der Waals surface area contributed by atoms with E-state index in [-0.39, 0.29) is 11.9 Å². The molecule has 3 N–H and O–H groups in total. The predicted octanol–water partition coefficient (Wildman–Crippen LogP) is 0.880. The third-order valence-corrected chi connectivity index (χ3v) is 2.81. The minimum atomic E-state index is 0.126. The highest BCUT2D eigenvalue weighted by atomic mass is 15.3. The van der Waals surface area contributed by atoms with Gasteiger partial charge in [-0.3, -0.25) is 5.41 Å². The molecule has 0 amide bonds. The van der Waals surface area contributed by atoms with Gasteiger partial charge in [0, 0.05) is 31.9 Å². The summed E-state index contributed by atoms with van der Waals surface area (Å²) < 4.78 is 1.78. The number of nitrogens with one attached hydrogen (secondary N) is 1. The van der Waals surface area contributed by atoms with Crippen LogP contribution in [0.15, 0.2) is 24.7 Å². The quantitative estimate of drug-likeness (QED) is 0.605. The molecular formula is C11H16N6. The highest BCUT2D eigenvalue weighted by Gasteiger charge is 2.15. The van der Waals surface area contributed by atoms with E-state index in [2.05, 4.69) is 10.1 Å². The van der Waals surface area contributed by atoms with Gasteiger partial charge in [0.2, 0.25) is 0 Å². The third kappa shape index (κ3) is 2.20. The molecule has 0 aromatic carbocycles. The van der Waals surface area contributed by atoms with Gasteiger partial charge in [0.1, 0.15) is 5.52 Å². The molecule has 0 aliphatic carbocycles. The summed E-state index contributed by atoms with van der Waals surface area (Å²) in [7, 11) is 1.95. The molecule has 0 saturated heterocycles. The van der Waals surface area contributed by atoms with Crippen LogP contribution >= 0.6 is 0 Å². The van der Waals surface area contributed by atoms with Crippen LogP contribution < -0.4 is 10.6 Å². The van der Waals surface area contributed by atoms with E-state index in [4.69, 9.17) is 11.1 Å². The molecule has 2 heterocycles. The Hall–Kier alpha value is -2.11. The second-order valence-electron chi connectivity index (χ2n) is 4.10. The number of hydrogen-bond donors (Lipinski definition) is 2. The molecule has 6 heteroatoms. The first-order valence-electron chi connectivity index (χ1n) is 5.43. The standard InChI is InChI=1S/C11H16N6/c1-8(7-10(12)13)16(2)11-9-3-4-15-17(9)6-5-14-11/h3-6,8H,7H2,1-2H3,(H3,12,13). The lowest BCUT2D eigenvalue weighted by Crippen LogP contribution is -2.33. The molecule has 0 bridgehead atoms. The van der Waals surface area contributed by atoms with E-state index >= 15 is 0 Å². The maximum Gasteiger partial charge on any atom is 0.154 e. The molecule has 1 atom stereocenters. The molecule has 6 nitrogen and oxygen atoms in total. The Labute approximate surface area is 99.6 Å². The lowest BCUT2D eigenvalue weighted by Gasteiger charge is -2.25. The van der Waals surface area contributed by atoms with Gasteiger partial charge in [-0.05, 0) is 13.0 Å². The molecule has 0 fully saturated rings. The van der Waals surface area contributed by atoms with Gasteiger partial charge in [-0.25, -0.2) is 9.50 Å². The van der Waals surface area contributed by atoms with Gasteiger partial charge in [-0.1, -0.05) is 0 Å². The van der Waals surface area contributed by atoms with E-state index in [1.165, 1.54) is 0 Å². The molecule has 0 aliphatic heterocycles. The molecule has 0 aliphatic rings. The van der Waals surface area contributed by atoms with Gasteiger partial charge in [0.05, 0.1) is 12.0 Å². The van der Waals surface area contributed by atoms with Crippen LogP contribution in [-0.4, -0.2) is 33.5 Å². The van der Waals surface area contributed by atoms with E-state index in [1.807, 2.05) is 31.1 Å². The van der Waals surface area contributed by atoms with Crippen molar-refractivity contribution in [1.29, 1.82) is 5.41 Å². The average molecular weight is 232 g/mol. The SMILES string of the molecule is CC(CC(=N)N)N(C)c1nccn2nccc12. The molecule has 2 aromatic rings. The van der Waals surface area contributed by atoms with Crippen molar-refractivity contribution in [1.82, 2.24) is 14.6 Å². The Bertz CT molecular complexity index is 531. The Balaban J connectivity index is 2.32. The molecule has 1 unspecified atom stereocenters. The largest absolute Gasteiger partial charge is 0.388 e. The summed E-state index contributed by atoms with van der Waals surface area (Å²) in [6.45, 7) is 2.02. The van der Waals surface area contributed by atoms with Crippen molar-refractivity contribution in [3.8, 4) is 0 Å². The van der Waals surface area contributed by atoms with Crippen molar-refractivity contribution in [2.24, 2.45) is 5.73 Å². The minimum Gasteiger partial charge on any atom is -0.388 e. The van der Waals surface area contributed by atoms with Gasteiger partial charge in [0.25, 0.3) is 0 Å². The average Bonchev–Trinajstić information content (AvgIpc) is 2.74. The number of nitrogens with zero attached hydrogens (tertiary/aromatic N) is 4. The van der Waals surface area contributed by atoms with Crippen molar-refractivity contribution >= 4 is 17.2 Å². The summed E-state index contributed by atoms with van der Waals surface area (Å²) >= 11 is 0. The maximum absolute atomic E-state index is 7.33. The van der Waals surface area contributed by atoms with Crippen LogP contribution in [0, 0.1) is 5.41 Å². The summed E-state index contributed by atoms with van der Waals surface area (Å²) in [5.74, 6) is 1.03. The van der Waals surface area contributed by atoms with Gasteiger partial charge < -0.3 is 10.6 Å². The fourth-order valence-corrected chi connectivity index (χ4v) is 1.78. The van der Waals surface area contributed by atoms with Crippen molar-refractivity contribution in [3.05, 3.63) is 24.7 Å². The van der Waals surface area contributed by atoms with Crippen LogP contribution in [-0.2, 0) is 0 Å². The highest BCUT2D eigenvalue weighted by molar-refractivity contribution is 5.78. The van der Waals surface area contributed by atoms with E-state index in [1.54, 1.807) is 16.9 Å². The molecule has 90 valence electrons. The number of fused-ring (bicyclic) bond motifs is 1. The highest BCUT2D eigenvalue weighted by Crippen LogP contribution is 2.19. The minimum absolute atomic E-state index is 0.126. The molecule has 0 spiro atoms. The maximum atomic E-state index is 7.33. The summed E-state index contributed by atoms with van der Waals surface area (Å²) in [5.41, 5.74) is 6.37. The molecule has 0 saturated carbocycles. The van der Waals surface area contributed by atoms with Crippen molar-refractivity contribution < 1.29 is 0 Å². The van der Waals surface area contributed by atoms with Crippen LogP contribution in [0.4, 0.5) is 5.82 Å². The Morgan fingerprint density at radius 3 is 3.06 bits per heavy atom. The van der Waals surface area contributed by atoms with Crippen LogP contribution in [0.2, 0.25) is 0 Å². The number of rotatable bonds is 4. The van der Waals surface area contributed by atoms with Gasteiger partial charge in [0.15, 0.2) is 5.82 Å². The van der Waals surface area contributed by atoms with Gasteiger partial charge in [-0.15, -0.1) is 0 Å². The smallest absolute Gasteiger partial charge is 0.154 e. The molecule has 2 rings (SSSR count). The summed E-state index contributed by atoms with van der Waals surface area (Å²) in [6, 6.07) is 2.04. The van der Waals surface area contributed by atoms with Crippen LogP contribution in [0.25, 0.3) is 5.52 Å². The summed E-state index contributed by atoms with van der Waals surface area (Å²) in [5, 5.41) is 11.5. The Morgan fingerprint density at radius 2 is 2.35 bits per heavy atom. The molecule has 0 radical (unpaired) electrons. The zero-order chi connectivity index (χ0) is 12.4. The fourth-order valence-electron chi connectivity index (χ4n) is 1.78. The number of nitrogens with two attached hydrogens (primary N) is 1. The fraction of sp³-hybridized carbons (Fsp3) is 0.364. The first-order valence-corrected chi connectivity index (χ1v) is 5.43. The topological polar surface area (TPSA) is 83.3 Å². The van der Waals surface area contributed by atoms with E-state index in [0.29, 0.717) is 6.42 Å². The molecular weight excluding hydrogens is 216 g/mol. The van der Waals surface area contributed by atoms with Crippen LogP contribution in [0.3, 0.4) is 0 Å². The second-order valence-corrected chi connectivity index (χ2v) is 4.10. The van der Waals surface area contributed by atoms with Crippen molar-refractivity contribution in [2.45, 2.75) is 19.4 Å². The van der Waals surface area contributed by atoms with Crippen LogP contribution in [0.5, 0.6) is 0 Å². The van der Waals surface area contributed by atoms with Gasteiger partial charge >= 0.3 is 0 Å². The molecule has 17 heavy (non-hydrogen) atoms. The number of amidine groups is 1. The first-order chi connectivity index (χ1) is 8.09. The zero-order valence-corrected chi connectivity index (χ0v) is 9.96. The molecule has 2 aromatic heterocycles.